The predicted molar refractivity (Wildman–Crippen MR) is 82.8 cm³/mol. The molecule has 0 unspecified atom stereocenters. The van der Waals surface area contributed by atoms with E-state index in [0.29, 0.717) is 6.42 Å². The number of rotatable bonds is 8. The number of aliphatic hydroxyl groups excluding tert-OH is 2. The molecule has 2 rings (SSSR count). The number of esters is 1. The fourth-order valence-electron chi connectivity index (χ4n) is 1.96. The SMILES string of the molecule is CCCCC(=O)OC[C@@H](O)[C@@H](O)c1cnn(-c2ccccc2)n1. The number of ether oxygens (including phenoxy) is 1. The van der Waals surface area contributed by atoms with E-state index < -0.39 is 12.2 Å². The molecule has 0 aliphatic heterocycles. The Labute approximate surface area is 134 Å². The number of unbranched alkanes of at least 4 members (excludes halogenated alkanes) is 1. The number of carbonyl (C=O) groups excluding carboxylic acids is 1. The molecule has 2 atom stereocenters. The molecule has 1 heterocycles. The first-order chi connectivity index (χ1) is 11.1. The van der Waals surface area contributed by atoms with E-state index in [4.69, 9.17) is 4.74 Å². The third-order valence-corrected chi connectivity index (χ3v) is 3.31. The molecule has 124 valence electrons. The highest BCUT2D eigenvalue weighted by atomic mass is 16.5. The lowest BCUT2D eigenvalue weighted by Gasteiger charge is -2.15. The first-order valence-electron chi connectivity index (χ1n) is 7.61. The van der Waals surface area contributed by atoms with Gasteiger partial charge in [-0.2, -0.15) is 15.0 Å². The van der Waals surface area contributed by atoms with Gasteiger partial charge in [0.1, 0.15) is 24.5 Å². The summed E-state index contributed by atoms with van der Waals surface area (Å²) in [5, 5.41) is 28.2. The summed E-state index contributed by atoms with van der Waals surface area (Å²) >= 11 is 0. The number of aliphatic hydroxyl groups is 2. The topological polar surface area (TPSA) is 97.5 Å². The summed E-state index contributed by atoms with van der Waals surface area (Å²) in [7, 11) is 0. The first-order valence-corrected chi connectivity index (χ1v) is 7.61. The summed E-state index contributed by atoms with van der Waals surface area (Å²) < 4.78 is 4.94. The van der Waals surface area contributed by atoms with Gasteiger partial charge in [0.15, 0.2) is 0 Å². The van der Waals surface area contributed by atoms with Crippen molar-refractivity contribution in [3.8, 4) is 5.69 Å². The van der Waals surface area contributed by atoms with Crippen LogP contribution in [0.15, 0.2) is 36.5 Å². The zero-order chi connectivity index (χ0) is 16.7. The zero-order valence-corrected chi connectivity index (χ0v) is 13.0. The van der Waals surface area contributed by atoms with E-state index in [1.165, 1.54) is 11.0 Å². The molecule has 0 aliphatic carbocycles. The standard InChI is InChI=1S/C16H21N3O4/c1-2-3-9-15(21)23-11-14(20)16(22)13-10-17-19(18-13)12-7-5-4-6-8-12/h4-8,10,14,16,20,22H,2-3,9,11H2,1H3/t14-,16+/m1/s1. The molecule has 0 saturated carbocycles. The molecule has 23 heavy (non-hydrogen) atoms. The molecule has 0 bridgehead atoms. The van der Waals surface area contributed by atoms with Crippen LogP contribution < -0.4 is 0 Å². The fourth-order valence-corrected chi connectivity index (χ4v) is 1.96. The smallest absolute Gasteiger partial charge is 0.305 e. The number of aromatic nitrogens is 3. The van der Waals surface area contributed by atoms with Gasteiger partial charge in [0.05, 0.1) is 11.9 Å². The van der Waals surface area contributed by atoms with Crippen LogP contribution in [0.1, 0.15) is 38.0 Å². The van der Waals surface area contributed by atoms with E-state index in [2.05, 4.69) is 10.2 Å². The van der Waals surface area contributed by atoms with Crippen LogP contribution in [0.2, 0.25) is 0 Å². The third kappa shape index (κ3) is 4.87. The van der Waals surface area contributed by atoms with E-state index in [9.17, 15) is 15.0 Å². The highest BCUT2D eigenvalue weighted by molar-refractivity contribution is 5.69. The molecule has 0 spiro atoms. The average molecular weight is 319 g/mol. The minimum atomic E-state index is -1.27. The predicted octanol–water partition coefficient (Wildman–Crippen LogP) is 1.39. The summed E-state index contributed by atoms with van der Waals surface area (Å²) in [6, 6.07) is 9.21. The zero-order valence-electron chi connectivity index (χ0n) is 13.0. The number of hydrogen-bond donors (Lipinski definition) is 2. The van der Waals surface area contributed by atoms with Gasteiger partial charge in [-0.25, -0.2) is 0 Å². The minimum Gasteiger partial charge on any atom is -0.463 e. The van der Waals surface area contributed by atoms with Gasteiger partial charge in [-0.1, -0.05) is 31.5 Å². The molecule has 0 radical (unpaired) electrons. The number of carbonyl (C=O) groups is 1. The van der Waals surface area contributed by atoms with Gasteiger partial charge >= 0.3 is 5.97 Å². The number of benzene rings is 1. The monoisotopic (exact) mass is 319 g/mol. The molecule has 0 amide bonds. The fraction of sp³-hybridized carbons (Fsp3) is 0.438. The highest BCUT2D eigenvalue weighted by Gasteiger charge is 2.23. The van der Waals surface area contributed by atoms with Crippen molar-refractivity contribution in [2.24, 2.45) is 0 Å². The molecule has 0 fully saturated rings. The molecular formula is C16H21N3O4. The molecule has 7 heteroatoms. The molecule has 2 N–H and O–H groups in total. The Morgan fingerprint density at radius 1 is 1.30 bits per heavy atom. The summed E-state index contributed by atoms with van der Waals surface area (Å²) in [5.41, 5.74) is 0.956. The van der Waals surface area contributed by atoms with Crippen molar-refractivity contribution in [3.63, 3.8) is 0 Å². The van der Waals surface area contributed by atoms with Gasteiger partial charge < -0.3 is 14.9 Å². The highest BCUT2D eigenvalue weighted by Crippen LogP contribution is 2.15. The molecule has 1 aromatic heterocycles. The third-order valence-electron chi connectivity index (χ3n) is 3.31. The van der Waals surface area contributed by atoms with Crippen molar-refractivity contribution in [3.05, 3.63) is 42.2 Å². The van der Waals surface area contributed by atoms with E-state index in [-0.39, 0.29) is 18.3 Å². The Morgan fingerprint density at radius 2 is 2.04 bits per heavy atom. The Kier molecular flexibility index (Phi) is 6.25. The van der Waals surface area contributed by atoms with Gasteiger partial charge in [0.25, 0.3) is 0 Å². The molecule has 1 aromatic carbocycles. The molecule has 7 nitrogen and oxygen atoms in total. The number of hydrogen-bond acceptors (Lipinski definition) is 6. The Hall–Kier alpha value is -2.25. The summed E-state index contributed by atoms with van der Waals surface area (Å²) in [4.78, 5) is 12.8. The number of nitrogens with zero attached hydrogens (tertiary/aromatic N) is 3. The second kappa shape index (κ2) is 8.40. The lowest BCUT2D eigenvalue weighted by atomic mass is 10.1. The first kappa shape index (κ1) is 17.1. The maximum absolute atomic E-state index is 11.4. The summed E-state index contributed by atoms with van der Waals surface area (Å²) in [6.07, 6.45) is 0.794. The van der Waals surface area contributed by atoms with Crippen LogP contribution in [-0.2, 0) is 9.53 Å². The van der Waals surface area contributed by atoms with Crippen molar-refractivity contribution in [1.82, 2.24) is 15.0 Å². The minimum absolute atomic E-state index is 0.214. The maximum Gasteiger partial charge on any atom is 0.305 e. The van der Waals surface area contributed by atoms with Crippen molar-refractivity contribution >= 4 is 5.97 Å². The summed E-state index contributed by atoms with van der Waals surface area (Å²) in [5.74, 6) is -0.383. The second-order valence-corrected chi connectivity index (χ2v) is 5.19. The van der Waals surface area contributed by atoms with Crippen LogP contribution in [0.5, 0.6) is 0 Å². The Morgan fingerprint density at radius 3 is 2.74 bits per heavy atom. The van der Waals surface area contributed by atoms with Crippen LogP contribution >= 0.6 is 0 Å². The van der Waals surface area contributed by atoms with E-state index >= 15 is 0 Å². The van der Waals surface area contributed by atoms with Crippen molar-refractivity contribution < 1.29 is 19.7 Å². The number of para-hydroxylation sites is 1. The average Bonchev–Trinajstić information content (AvgIpc) is 3.08. The van der Waals surface area contributed by atoms with Crippen LogP contribution in [0.25, 0.3) is 5.69 Å². The van der Waals surface area contributed by atoms with Gasteiger partial charge in [-0.15, -0.1) is 0 Å². The van der Waals surface area contributed by atoms with Crippen LogP contribution in [-0.4, -0.2) is 43.9 Å². The van der Waals surface area contributed by atoms with Crippen molar-refractivity contribution in [1.29, 1.82) is 0 Å². The van der Waals surface area contributed by atoms with E-state index in [1.807, 2.05) is 37.3 Å². The molecule has 2 aromatic rings. The Bertz CT molecular complexity index is 615. The van der Waals surface area contributed by atoms with Crippen molar-refractivity contribution in [2.75, 3.05) is 6.61 Å². The largest absolute Gasteiger partial charge is 0.463 e. The molecule has 0 saturated heterocycles. The van der Waals surface area contributed by atoms with Crippen LogP contribution in [0.3, 0.4) is 0 Å². The lowest BCUT2D eigenvalue weighted by molar-refractivity contribution is -0.149. The van der Waals surface area contributed by atoms with Gasteiger partial charge in [0, 0.05) is 6.42 Å². The van der Waals surface area contributed by atoms with Crippen molar-refractivity contribution in [2.45, 2.75) is 38.4 Å². The second-order valence-electron chi connectivity index (χ2n) is 5.19. The quantitative estimate of drug-likeness (QED) is 0.714. The summed E-state index contributed by atoms with van der Waals surface area (Å²) in [6.45, 7) is 1.70. The van der Waals surface area contributed by atoms with Gasteiger partial charge in [0.2, 0.25) is 0 Å². The maximum atomic E-state index is 11.4. The van der Waals surface area contributed by atoms with Gasteiger partial charge in [-0.05, 0) is 18.6 Å². The molecule has 0 aliphatic rings. The van der Waals surface area contributed by atoms with E-state index in [0.717, 1.165) is 18.5 Å². The van der Waals surface area contributed by atoms with Gasteiger partial charge in [-0.3, -0.25) is 4.79 Å². The van der Waals surface area contributed by atoms with Crippen LogP contribution in [0.4, 0.5) is 0 Å². The normalized spacial score (nSPS) is 13.5. The lowest BCUT2D eigenvalue weighted by Crippen LogP contribution is -2.26. The van der Waals surface area contributed by atoms with Crippen LogP contribution in [0, 0.1) is 0 Å². The molecular weight excluding hydrogens is 298 g/mol. The van der Waals surface area contributed by atoms with E-state index in [1.54, 1.807) is 0 Å². The Balaban J connectivity index is 1.91.